The van der Waals surface area contributed by atoms with Crippen LogP contribution in [0.4, 0.5) is 5.82 Å². The van der Waals surface area contributed by atoms with Crippen LogP contribution in [0.3, 0.4) is 0 Å². The van der Waals surface area contributed by atoms with Crippen LogP contribution in [-0.4, -0.2) is 27.6 Å². The van der Waals surface area contributed by atoms with Crippen molar-refractivity contribution in [3.63, 3.8) is 0 Å². The third kappa shape index (κ3) is 4.32. The number of carbonyl (C=O) groups excluding carboxylic acids is 1. The average Bonchev–Trinajstić information content (AvgIpc) is 2.65. The normalized spacial score (nSPS) is 10.1. The summed E-state index contributed by atoms with van der Waals surface area (Å²) in [6, 6.07) is 1.73. The predicted octanol–water partition coefficient (Wildman–Crippen LogP) is 1.88. The molecule has 0 spiro atoms. The van der Waals surface area contributed by atoms with Crippen LogP contribution in [0.15, 0.2) is 12.3 Å². The molecule has 0 saturated heterocycles. The van der Waals surface area contributed by atoms with Gasteiger partial charge >= 0.3 is 0 Å². The summed E-state index contributed by atoms with van der Waals surface area (Å²) in [5.74, 6) is 2.24. The first-order valence-corrected chi connectivity index (χ1v) is 5.85. The lowest BCUT2D eigenvalue weighted by Gasteiger charge is -2.01. The van der Waals surface area contributed by atoms with E-state index in [1.54, 1.807) is 24.0 Å². The number of H-pyrrole nitrogens is 1. The van der Waals surface area contributed by atoms with Gasteiger partial charge in [0.05, 0.1) is 11.9 Å². The van der Waals surface area contributed by atoms with Crippen LogP contribution in [0.5, 0.6) is 0 Å². The van der Waals surface area contributed by atoms with Crippen molar-refractivity contribution in [3.05, 3.63) is 12.3 Å². The number of hydrogen-bond donors (Lipinski definition) is 2. The number of anilines is 1. The fourth-order valence-electron chi connectivity index (χ4n) is 0.923. The number of rotatable bonds is 6. The van der Waals surface area contributed by atoms with E-state index >= 15 is 0 Å². The molecule has 0 fully saturated rings. The number of aromatic nitrogens is 2. The Labute approximate surface area is 87.9 Å². The first kappa shape index (κ1) is 11.1. The molecule has 0 saturated carbocycles. The Bertz CT molecular complexity index is 261. The number of unbranched alkanes of at least 4 members (excludes halogenated alkanes) is 1. The van der Waals surface area contributed by atoms with Gasteiger partial charge in [-0.3, -0.25) is 9.89 Å². The molecular weight excluding hydrogens is 198 g/mol. The zero-order valence-corrected chi connectivity index (χ0v) is 9.06. The highest BCUT2D eigenvalue weighted by Crippen LogP contribution is 2.05. The van der Waals surface area contributed by atoms with Crippen molar-refractivity contribution in [2.24, 2.45) is 0 Å². The van der Waals surface area contributed by atoms with Crippen LogP contribution in [0.1, 0.15) is 19.8 Å². The Morgan fingerprint density at radius 1 is 1.71 bits per heavy atom. The van der Waals surface area contributed by atoms with Gasteiger partial charge in [0, 0.05) is 6.07 Å². The van der Waals surface area contributed by atoms with Crippen LogP contribution in [0.25, 0.3) is 0 Å². The van der Waals surface area contributed by atoms with Gasteiger partial charge in [-0.1, -0.05) is 13.3 Å². The molecule has 14 heavy (non-hydrogen) atoms. The Balaban J connectivity index is 2.11. The third-order valence-corrected chi connectivity index (χ3v) is 2.69. The van der Waals surface area contributed by atoms with Gasteiger partial charge in [0.1, 0.15) is 5.82 Å². The van der Waals surface area contributed by atoms with E-state index in [4.69, 9.17) is 0 Å². The standard InChI is InChI=1S/C9H15N3OS/c1-2-3-6-14-7-9(13)11-8-4-5-10-12-8/h4-5H,2-3,6-7H2,1H3,(H2,10,11,12,13). The SMILES string of the molecule is CCCCSCC(=O)Nc1ccn[nH]1. The van der Waals surface area contributed by atoms with Crippen molar-refractivity contribution < 1.29 is 4.79 Å². The van der Waals surface area contributed by atoms with Crippen LogP contribution >= 0.6 is 11.8 Å². The van der Waals surface area contributed by atoms with Crippen molar-refractivity contribution in [1.82, 2.24) is 10.2 Å². The van der Waals surface area contributed by atoms with Gasteiger partial charge in [0.2, 0.25) is 5.91 Å². The van der Waals surface area contributed by atoms with Crippen molar-refractivity contribution in [3.8, 4) is 0 Å². The minimum atomic E-state index is 0.0235. The van der Waals surface area contributed by atoms with Gasteiger partial charge in [0.15, 0.2) is 0 Å². The molecule has 5 heteroatoms. The van der Waals surface area contributed by atoms with Crippen molar-refractivity contribution in [2.75, 3.05) is 16.8 Å². The van der Waals surface area contributed by atoms with E-state index in [1.807, 2.05) is 0 Å². The first-order chi connectivity index (χ1) is 6.83. The van der Waals surface area contributed by atoms with Gasteiger partial charge in [-0.2, -0.15) is 16.9 Å². The van der Waals surface area contributed by atoms with E-state index in [2.05, 4.69) is 22.4 Å². The molecule has 0 aliphatic rings. The Morgan fingerprint density at radius 2 is 2.57 bits per heavy atom. The molecular formula is C9H15N3OS. The van der Waals surface area contributed by atoms with Crippen molar-refractivity contribution in [1.29, 1.82) is 0 Å². The highest BCUT2D eigenvalue weighted by molar-refractivity contribution is 7.99. The highest BCUT2D eigenvalue weighted by Gasteiger charge is 2.02. The van der Waals surface area contributed by atoms with Crippen LogP contribution in [0, 0.1) is 0 Å². The summed E-state index contributed by atoms with van der Waals surface area (Å²) in [5.41, 5.74) is 0. The summed E-state index contributed by atoms with van der Waals surface area (Å²) in [7, 11) is 0. The molecule has 0 unspecified atom stereocenters. The lowest BCUT2D eigenvalue weighted by Crippen LogP contribution is -2.14. The number of thioether (sulfide) groups is 1. The Morgan fingerprint density at radius 3 is 3.21 bits per heavy atom. The molecule has 1 rings (SSSR count). The van der Waals surface area contributed by atoms with Gasteiger partial charge < -0.3 is 5.32 Å². The fourth-order valence-corrected chi connectivity index (χ4v) is 1.82. The second-order valence-electron chi connectivity index (χ2n) is 2.92. The maximum atomic E-state index is 11.3. The summed E-state index contributed by atoms with van der Waals surface area (Å²) in [4.78, 5) is 11.3. The van der Waals surface area contributed by atoms with Crippen molar-refractivity contribution in [2.45, 2.75) is 19.8 Å². The molecule has 0 aliphatic heterocycles. The minimum Gasteiger partial charge on any atom is -0.310 e. The zero-order chi connectivity index (χ0) is 10.2. The van der Waals surface area contributed by atoms with E-state index < -0.39 is 0 Å². The number of carbonyl (C=O) groups is 1. The predicted molar refractivity (Wildman–Crippen MR) is 59.5 cm³/mol. The Kier molecular flexibility index (Phi) is 5.14. The minimum absolute atomic E-state index is 0.0235. The maximum Gasteiger partial charge on any atom is 0.235 e. The number of nitrogens with zero attached hydrogens (tertiary/aromatic N) is 1. The summed E-state index contributed by atoms with van der Waals surface area (Å²) in [6.45, 7) is 2.14. The topological polar surface area (TPSA) is 57.8 Å². The van der Waals surface area contributed by atoms with E-state index in [0.717, 1.165) is 5.75 Å². The van der Waals surface area contributed by atoms with E-state index in [0.29, 0.717) is 11.6 Å². The molecule has 4 nitrogen and oxygen atoms in total. The Hall–Kier alpha value is -0.970. The molecule has 0 aliphatic carbocycles. The van der Waals surface area contributed by atoms with E-state index in [9.17, 15) is 4.79 Å². The maximum absolute atomic E-state index is 11.3. The summed E-state index contributed by atoms with van der Waals surface area (Å²) in [6.07, 6.45) is 3.96. The number of nitrogens with one attached hydrogen (secondary N) is 2. The first-order valence-electron chi connectivity index (χ1n) is 4.70. The number of hydrogen-bond acceptors (Lipinski definition) is 3. The largest absolute Gasteiger partial charge is 0.310 e. The number of amides is 1. The highest BCUT2D eigenvalue weighted by atomic mass is 32.2. The molecule has 0 aromatic carbocycles. The van der Waals surface area contributed by atoms with E-state index in [-0.39, 0.29) is 5.91 Å². The molecule has 0 bridgehead atoms. The molecule has 1 aromatic rings. The van der Waals surface area contributed by atoms with Crippen molar-refractivity contribution >= 4 is 23.5 Å². The summed E-state index contributed by atoms with van der Waals surface area (Å²) < 4.78 is 0. The van der Waals surface area contributed by atoms with Crippen LogP contribution < -0.4 is 5.32 Å². The second-order valence-corrected chi connectivity index (χ2v) is 4.03. The second kappa shape index (κ2) is 6.48. The molecule has 2 N–H and O–H groups in total. The summed E-state index contributed by atoms with van der Waals surface area (Å²) in [5, 5.41) is 9.14. The van der Waals surface area contributed by atoms with E-state index in [1.165, 1.54) is 12.8 Å². The van der Waals surface area contributed by atoms with Gasteiger partial charge in [-0.05, 0) is 12.2 Å². The smallest absolute Gasteiger partial charge is 0.235 e. The number of aromatic amines is 1. The molecule has 1 amide bonds. The summed E-state index contributed by atoms with van der Waals surface area (Å²) >= 11 is 1.66. The molecule has 0 atom stereocenters. The zero-order valence-electron chi connectivity index (χ0n) is 8.25. The molecule has 1 aromatic heterocycles. The lowest BCUT2D eigenvalue weighted by atomic mass is 10.4. The van der Waals surface area contributed by atoms with Gasteiger partial charge in [0.25, 0.3) is 0 Å². The van der Waals surface area contributed by atoms with Crippen LogP contribution in [-0.2, 0) is 4.79 Å². The average molecular weight is 213 g/mol. The third-order valence-electron chi connectivity index (χ3n) is 1.65. The molecule has 1 heterocycles. The lowest BCUT2D eigenvalue weighted by molar-refractivity contribution is -0.113. The fraction of sp³-hybridized carbons (Fsp3) is 0.556. The van der Waals surface area contributed by atoms with Gasteiger partial charge in [-0.15, -0.1) is 0 Å². The van der Waals surface area contributed by atoms with Crippen LogP contribution in [0.2, 0.25) is 0 Å². The monoisotopic (exact) mass is 213 g/mol. The molecule has 0 radical (unpaired) electrons. The molecule has 78 valence electrons. The quantitative estimate of drug-likeness (QED) is 0.709. The van der Waals surface area contributed by atoms with Gasteiger partial charge in [-0.25, -0.2) is 0 Å².